The molecule has 0 bridgehead atoms. The molecule has 2 aromatic carbocycles. The molecule has 0 unspecified atom stereocenters. The highest BCUT2D eigenvalue weighted by Gasteiger charge is 2.34. The van der Waals surface area contributed by atoms with E-state index in [4.69, 9.17) is 18.9 Å². The third kappa shape index (κ3) is 7.15. The van der Waals surface area contributed by atoms with Gasteiger partial charge in [-0.1, -0.05) is 18.2 Å². The van der Waals surface area contributed by atoms with E-state index >= 15 is 0 Å². The number of hydrogen-bond acceptors (Lipinski definition) is 6. The minimum Gasteiger partial charge on any atom is -0.497 e. The van der Waals surface area contributed by atoms with Crippen LogP contribution < -0.4 is 14.4 Å². The van der Waals surface area contributed by atoms with Crippen molar-refractivity contribution in [2.45, 2.75) is 70.2 Å². The molecule has 1 fully saturated rings. The lowest BCUT2D eigenvalue weighted by Crippen LogP contribution is -2.34. The first-order chi connectivity index (χ1) is 17.4. The van der Waals surface area contributed by atoms with E-state index in [0.29, 0.717) is 25.0 Å². The van der Waals surface area contributed by atoms with Crippen LogP contribution in [-0.4, -0.2) is 57.3 Å². The van der Waals surface area contributed by atoms with Crippen LogP contribution in [0.1, 0.15) is 63.0 Å². The van der Waals surface area contributed by atoms with Crippen LogP contribution in [0.3, 0.4) is 0 Å². The van der Waals surface area contributed by atoms with Crippen LogP contribution in [0.4, 0.5) is 5.69 Å². The predicted molar refractivity (Wildman–Crippen MR) is 143 cm³/mol. The number of aliphatic hydroxyl groups is 1. The van der Waals surface area contributed by atoms with Crippen LogP contribution in [-0.2, 0) is 16.1 Å². The van der Waals surface area contributed by atoms with Crippen molar-refractivity contribution < 1.29 is 24.1 Å². The Kier molecular flexibility index (Phi) is 9.15. The third-order valence-corrected chi connectivity index (χ3v) is 7.45. The maximum atomic E-state index is 10.4. The topological polar surface area (TPSA) is 60.4 Å². The largest absolute Gasteiger partial charge is 0.497 e. The summed E-state index contributed by atoms with van der Waals surface area (Å²) in [6, 6.07) is 14.8. The fourth-order valence-electron chi connectivity index (χ4n) is 5.77. The molecule has 1 aliphatic heterocycles. The number of hydrogen-bond donors (Lipinski definition) is 1. The molecule has 6 heteroatoms. The summed E-state index contributed by atoms with van der Waals surface area (Å²) in [6.45, 7) is 7.73. The molecule has 6 nitrogen and oxygen atoms in total. The Bertz CT molecular complexity index is 955. The Morgan fingerprint density at radius 2 is 1.89 bits per heavy atom. The Hall–Kier alpha value is -2.28. The van der Waals surface area contributed by atoms with Crippen molar-refractivity contribution in [3.05, 3.63) is 53.6 Å². The molecule has 1 N–H and O–H groups in total. The molecule has 0 aromatic heterocycles. The molecule has 3 atom stereocenters. The first kappa shape index (κ1) is 26.8. The van der Waals surface area contributed by atoms with E-state index in [0.717, 1.165) is 69.0 Å². The summed E-state index contributed by atoms with van der Waals surface area (Å²) in [4.78, 5) is 2.39. The fraction of sp³-hybridized carbons (Fsp3) is 0.600. The summed E-state index contributed by atoms with van der Waals surface area (Å²) in [7, 11) is 3.45. The summed E-state index contributed by atoms with van der Waals surface area (Å²) >= 11 is 0. The second-order valence-corrected chi connectivity index (χ2v) is 10.9. The number of anilines is 1. The Labute approximate surface area is 216 Å². The first-order valence-electron chi connectivity index (χ1n) is 13.3. The normalized spacial score (nSPS) is 22.1. The molecular weight excluding hydrogens is 454 g/mol. The van der Waals surface area contributed by atoms with Gasteiger partial charge in [0, 0.05) is 26.2 Å². The highest BCUT2D eigenvalue weighted by atomic mass is 16.5. The maximum Gasteiger partial charge on any atom is 0.142 e. The van der Waals surface area contributed by atoms with Crippen LogP contribution >= 0.6 is 0 Å². The third-order valence-electron chi connectivity index (χ3n) is 7.45. The maximum absolute atomic E-state index is 10.4. The summed E-state index contributed by atoms with van der Waals surface area (Å²) in [5, 5.41) is 10.4. The molecule has 0 radical (unpaired) electrons. The number of benzene rings is 2. The van der Waals surface area contributed by atoms with E-state index in [9.17, 15) is 5.11 Å². The summed E-state index contributed by atoms with van der Waals surface area (Å²) in [6.07, 6.45) is 5.04. The van der Waals surface area contributed by atoms with Crippen molar-refractivity contribution in [2.75, 3.05) is 45.4 Å². The standard InChI is InChI=1S/C30H43NO5/c1-30(2,32)20-22-6-12-28(26(18-22)24-8-10-25(34-4)11-9-24)36-21-23-7-13-29-27(19-23)31(15-17-35-29)14-5-16-33-3/h7-11,13,19,22,26,28,32H,5-6,12,14-18,20-21H2,1-4H3/t22-,26-,28+/m1/s1. The summed E-state index contributed by atoms with van der Waals surface area (Å²) < 4.78 is 23.2. The van der Waals surface area contributed by atoms with E-state index in [1.54, 1.807) is 14.2 Å². The van der Waals surface area contributed by atoms with Gasteiger partial charge in [-0.25, -0.2) is 0 Å². The smallest absolute Gasteiger partial charge is 0.142 e. The number of rotatable bonds is 11. The van der Waals surface area contributed by atoms with Crippen molar-refractivity contribution in [1.29, 1.82) is 0 Å². The van der Waals surface area contributed by atoms with Crippen molar-refractivity contribution in [1.82, 2.24) is 0 Å². The lowest BCUT2D eigenvalue weighted by Gasteiger charge is -2.38. The highest BCUT2D eigenvalue weighted by molar-refractivity contribution is 5.61. The summed E-state index contributed by atoms with van der Waals surface area (Å²) in [5.74, 6) is 2.60. The molecule has 2 aromatic rings. The average molecular weight is 498 g/mol. The van der Waals surface area contributed by atoms with Gasteiger partial charge in [-0.15, -0.1) is 0 Å². The molecule has 2 aliphatic rings. The van der Waals surface area contributed by atoms with Crippen LogP contribution in [0.2, 0.25) is 0 Å². The van der Waals surface area contributed by atoms with Gasteiger partial charge in [0.25, 0.3) is 0 Å². The van der Waals surface area contributed by atoms with Crippen molar-refractivity contribution >= 4 is 5.69 Å². The van der Waals surface area contributed by atoms with Crippen molar-refractivity contribution in [3.8, 4) is 11.5 Å². The molecule has 36 heavy (non-hydrogen) atoms. The van der Waals surface area contributed by atoms with E-state index in [2.05, 4.69) is 35.2 Å². The van der Waals surface area contributed by atoms with Gasteiger partial charge in [-0.05, 0) is 87.3 Å². The average Bonchev–Trinajstić information content (AvgIpc) is 2.87. The summed E-state index contributed by atoms with van der Waals surface area (Å²) in [5.41, 5.74) is 2.95. The minimum absolute atomic E-state index is 0.140. The second-order valence-electron chi connectivity index (χ2n) is 10.9. The second kappa shape index (κ2) is 12.3. The number of ether oxygens (including phenoxy) is 4. The van der Waals surface area contributed by atoms with Gasteiger partial charge in [0.1, 0.15) is 18.1 Å². The first-order valence-corrected chi connectivity index (χ1v) is 13.3. The lowest BCUT2D eigenvalue weighted by atomic mass is 9.73. The minimum atomic E-state index is -0.650. The van der Waals surface area contributed by atoms with Crippen molar-refractivity contribution in [3.63, 3.8) is 0 Å². The number of methoxy groups -OCH3 is 2. The van der Waals surface area contributed by atoms with Crippen LogP contribution in [0, 0.1) is 5.92 Å². The number of fused-ring (bicyclic) bond motifs is 1. The predicted octanol–water partition coefficient (Wildman–Crippen LogP) is 5.56. The van der Waals surface area contributed by atoms with Crippen LogP contribution in [0.25, 0.3) is 0 Å². The van der Waals surface area contributed by atoms with Gasteiger partial charge in [-0.2, -0.15) is 0 Å². The quantitative estimate of drug-likeness (QED) is 0.410. The number of nitrogens with zero attached hydrogens (tertiary/aromatic N) is 1. The molecule has 198 valence electrons. The molecular formula is C30H43NO5. The van der Waals surface area contributed by atoms with Crippen LogP contribution in [0.15, 0.2) is 42.5 Å². The SMILES string of the molecule is COCCCN1CCOc2ccc(CO[C@H]3CC[C@@H](CC(C)(C)O)C[C@@H]3c3ccc(OC)cc3)cc21. The Morgan fingerprint density at radius 1 is 1.08 bits per heavy atom. The molecule has 0 saturated heterocycles. The molecule has 4 rings (SSSR count). The van der Waals surface area contributed by atoms with Gasteiger partial charge in [-0.3, -0.25) is 0 Å². The zero-order chi connectivity index (χ0) is 25.5. The Balaban J connectivity index is 1.46. The van der Waals surface area contributed by atoms with Gasteiger partial charge < -0.3 is 29.0 Å². The molecule has 1 aliphatic carbocycles. The van der Waals surface area contributed by atoms with Gasteiger partial charge in [0.2, 0.25) is 0 Å². The molecule has 0 spiro atoms. The molecule has 1 saturated carbocycles. The van der Waals surface area contributed by atoms with Crippen molar-refractivity contribution in [2.24, 2.45) is 5.92 Å². The van der Waals surface area contributed by atoms with Gasteiger partial charge in [0.05, 0.1) is 37.7 Å². The van der Waals surface area contributed by atoms with Gasteiger partial charge in [0.15, 0.2) is 0 Å². The zero-order valence-electron chi connectivity index (χ0n) is 22.4. The van der Waals surface area contributed by atoms with E-state index < -0.39 is 5.60 Å². The van der Waals surface area contributed by atoms with Crippen LogP contribution in [0.5, 0.6) is 11.5 Å². The lowest BCUT2D eigenvalue weighted by molar-refractivity contribution is -0.0225. The molecule has 0 amide bonds. The van der Waals surface area contributed by atoms with E-state index in [1.165, 1.54) is 11.1 Å². The van der Waals surface area contributed by atoms with E-state index in [1.807, 2.05) is 26.0 Å². The molecule has 1 heterocycles. The zero-order valence-corrected chi connectivity index (χ0v) is 22.4. The van der Waals surface area contributed by atoms with Gasteiger partial charge >= 0.3 is 0 Å². The highest BCUT2D eigenvalue weighted by Crippen LogP contribution is 2.42. The Morgan fingerprint density at radius 3 is 2.61 bits per heavy atom. The fourth-order valence-corrected chi connectivity index (χ4v) is 5.77. The van der Waals surface area contributed by atoms with E-state index in [-0.39, 0.29) is 6.10 Å². The monoisotopic (exact) mass is 497 g/mol.